The topological polar surface area (TPSA) is 61.8 Å². The summed E-state index contributed by atoms with van der Waals surface area (Å²) in [5.41, 5.74) is 1.00. The molecule has 0 bridgehead atoms. The molecule has 0 unspecified atom stereocenters. The predicted molar refractivity (Wildman–Crippen MR) is 145 cm³/mol. The highest BCUT2D eigenvalue weighted by Gasteiger charge is 2.14. The molecule has 1 aromatic carbocycles. The number of ether oxygens (including phenoxy) is 2. The summed E-state index contributed by atoms with van der Waals surface area (Å²) >= 11 is 0. The highest BCUT2D eigenvalue weighted by molar-refractivity contribution is 7.86. The zero-order valence-electron chi connectivity index (χ0n) is 22.3. The molecular weight excluding hydrogens is 460 g/mol. The third-order valence-electron chi connectivity index (χ3n) is 5.95. The Balaban J connectivity index is 1.79. The van der Waals surface area contributed by atoms with Crippen LogP contribution in [0.1, 0.15) is 102 Å². The minimum Gasteiger partial charge on any atom is -0.379 e. The SMILES string of the molecule is CCCCCCCC/C=C\CCCCCCCCOCCOCCOS(=O)(=O)c1ccc(C)cc1. The standard InChI is InChI=1S/C29H50O5S/c1-3-4-5-6-7-8-9-10-11-12-13-14-15-16-17-18-23-32-24-25-33-26-27-34-35(30,31)29-21-19-28(2)20-22-29/h10-11,19-22H,3-9,12-18,23-27H2,1-2H3/b11-10-. The van der Waals surface area contributed by atoms with E-state index in [1.165, 1.54) is 83.5 Å². The fourth-order valence-electron chi connectivity index (χ4n) is 3.75. The Morgan fingerprint density at radius 1 is 0.629 bits per heavy atom. The fraction of sp³-hybridized carbons (Fsp3) is 0.724. The van der Waals surface area contributed by atoms with E-state index in [0.29, 0.717) is 13.2 Å². The molecule has 0 radical (unpaired) electrons. The number of aryl methyl sites for hydroxylation is 1. The second kappa shape index (κ2) is 22.0. The van der Waals surface area contributed by atoms with Crippen molar-refractivity contribution in [3.63, 3.8) is 0 Å². The van der Waals surface area contributed by atoms with E-state index in [0.717, 1.165) is 18.6 Å². The quantitative estimate of drug-likeness (QED) is 0.0807. The first-order valence-corrected chi connectivity index (χ1v) is 15.2. The lowest BCUT2D eigenvalue weighted by Gasteiger charge is -2.08. The van der Waals surface area contributed by atoms with Crippen LogP contribution in [0.5, 0.6) is 0 Å². The van der Waals surface area contributed by atoms with E-state index in [2.05, 4.69) is 19.1 Å². The van der Waals surface area contributed by atoms with Gasteiger partial charge in [0.25, 0.3) is 10.1 Å². The minimum absolute atomic E-state index is 0.00509. The van der Waals surface area contributed by atoms with Crippen LogP contribution in [-0.4, -0.2) is 41.5 Å². The first kappa shape index (κ1) is 31.8. The van der Waals surface area contributed by atoms with Gasteiger partial charge in [0.2, 0.25) is 0 Å². The second-order valence-electron chi connectivity index (χ2n) is 9.25. The third-order valence-corrected chi connectivity index (χ3v) is 7.27. The largest absolute Gasteiger partial charge is 0.379 e. The Kier molecular flexibility index (Phi) is 20.0. The number of allylic oxidation sites excluding steroid dienone is 2. The van der Waals surface area contributed by atoms with Crippen LogP contribution in [0.2, 0.25) is 0 Å². The van der Waals surface area contributed by atoms with Crippen LogP contribution >= 0.6 is 0 Å². The Morgan fingerprint density at radius 2 is 1.11 bits per heavy atom. The second-order valence-corrected chi connectivity index (χ2v) is 10.9. The Hall–Kier alpha value is -1.21. The highest BCUT2D eigenvalue weighted by atomic mass is 32.2. The summed E-state index contributed by atoms with van der Waals surface area (Å²) in [6, 6.07) is 6.60. The van der Waals surface area contributed by atoms with E-state index in [1.54, 1.807) is 24.3 Å². The van der Waals surface area contributed by atoms with E-state index in [4.69, 9.17) is 13.7 Å². The maximum Gasteiger partial charge on any atom is 0.297 e. The Bertz CT molecular complexity index is 728. The molecule has 0 spiro atoms. The lowest BCUT2D eigenvalue weighted by Crippen LogP contribution is -2.13. The van der Waals surface area contributed by atoms with Crippen LogP contribution < -0.4 is 0 Å². The van der Waals surface area contributed by atoms with E-state index in [1.807, 2.05) is 6.92 Å². The summed E-state index contributed by atoms with van der Waals surface area (Å²) in [5.74, 6) is 0. The maximum absolute atomic E-state index is 12.1. The molecule has 0 amide bonds. The summed E-state index contributed by atoms with van der Waals surface area (Å²) in [6.45, 7) is 6.13. The maximum atomic E-state index is 12.1. The molecule has 0 aliphatic heterocycles. The predicted octanol–water partition coefficient (Wildman–Crippen LogP) is 7.77. The molecule has 6 heteroatoms. The van der Waals surface area contributed by atoms with Gasteiger partial charge in [0.1, 0.15) is 0 Å². The molecule has 0 saturated heterocycles. The smallest absolute Gasteiger partial charge is 0.297 e. The Labute approximate surface area is 215 Å². The van der Waals surface area contributed by atoms with Crippen molar-refractivity contribution < 1.29 is 22.1 Å². The van der Waals surface area contributed by atoms with Crippen LogP contribution in [-0.2, 0) is 23.8 Å². The van der Waals surface area contributed by atoms with Gasteiger partial charge in [0, 0.05) is 6.61 Å². The van der Waals surface area contributed by atoms with Crippen LogP contribution in [0, 0.1) is 6.92 Å². The van der Waals surface area contributed by atoms with Gasteiger partial charge >= 0.3 is 0 Å². The molecule has 0 aromatic heterocycles. The van der Waals surface area contributed by atoms with Gasteiger partial charge in [-0.1, -0.05) is 94.6 Å². The van der Waals surface area contributed by atoms with Crippen molar-refractivity contribution in [2.24, 2.45) is 0 Å². The monoisotopic (exact) mass is 510 g/mol. The first-order chi connectivity index (χ1) is 17.1. The average molecular weight is 511 g/mol. The van der Waals surface area contributed by atoms with E-state index >= 15 is 0 Å². The summed E-state index contributed by atoms with van der Waals surface area (Å²) in [5, 5.41) is 0. The molecule has 35 heavy (non-hydrogen) atoms. The van der Waals surface area contributed by atoms with Gasteiger partial charge in [-0.25, -0.2) is 0 Å². The van der Waals surface area contributed by atoms with Crippen LogP contribution in [0.3, 0.4) is 0 Å². The average Bonchev–Trinajstić information content (AvgIpc) is 2.84. The van der Waals surface area contributed by atoms with E-state index in [9.17, 15) is 8.42 Å². The summed E-state index contributed by atoms with van der Waals surface area (Å²) in [6.07, 6.45) is 23.0. The summed E-state index contributed by atoms with van der Waals surface area (Å²) in [7, 11) is -3.72. The van der Waals surface area contributed by atoms with E-state index < -0.39 is 10.1 Å². The molecule has 1 rings (SSSR count). The van der Waals surface area contributed by atoms with Crippen molar-refractivity contribution >= 4 is 10.1 Å². The molecule has 1 aromatic rings. The molecule has 0 aliphatic carbocycles. The molecule has 0 atom stereocenters. The number of unbranched alkanes of at least 4 members (excludes halogenated alkanes) is 12. The van der Waals surface area contributed by atoms with Crippen LogP contribution in [0.4, 0.5) is 0 Å². The van der Waals surface area contributed by atoms with Gasteiger partial charge in [-0.15, -0.1) is 0 Å². The Morgan fingerprint density at radius 3 is 1.71 bits per heavy atom. The zero-order valence-corrected chi connectivity index (χ0v) is 23.2. The van der Waals surface area contributed by atoms with Crippen molar-refractivity contribution in [2.45, 2.75) is 109 Å². The van der Waals surface area contributed by atoms with Gasteiger partial charge in [-0.2, -0.15) is 8.42 Å². The highest BCUT2D eigenvalue weighted by Crippen LogP contribution is 2.13. The van der Waals surface area contributed by atoms with Crippen molar-refractivity contribution in [1.82, 2.24) is 0 Å². The molecule has 0 heterocycles. The third kappa shape index (κ3) is 18.7. The van der Waals surface area contributed by atoms with E-state index in [-0.39, 0.29) is 18.1 Å². The van der Waals surface area contributed by atoms with Gasteiger partial charge in [-0.3, -0.25) is 4.18 Å². The summed E-state index contributed by atoms with van der Waals surface area (Å²) < 4.78 is 40.1. The van der Waals surface area contributed by atoms with Gasteiger partial charge in [0.15, 0.2) is 0 Å². The van der Waals surface area contributed by atoms with Gasteiger partial charge in [0.05, 0.1) is 31.3 Å². The fourth-order valence-corrected chi connectivity index (χ4v) is 4.64. The molecule has 0 aliphatic rings. The van der Waals surface area contributed by atoms with Crippen molar-refractivity contribution in [2.75, 3.05) is 33.0 Å². The number of rotatable bonds is 24. The van der Waals surface area contributed by atoms with Crippen molar-refractivity contribution in [1.29, 1.82) is 0 Å². The number of hydrogen-bond acceptors (Lipinski definition) is 5. The lowest BCUT2D eigenvalue weighted by atomic mass is 10.1. The zero-order chi connectivity index (χ0) is 25.5. The lowest BCUT2D eigenvalue weighted by molar-refractivity contribution is 0.0359. The van der Waals surface area contributed by atoms with Crippen molar-refractivity contribution in [3.05, 3.63) is 42.0 Å². The molecule has 0 fully saturated rings. The van der Waals surface area contributed by atoms with Crippen LogP contribution in [0.25, 0.3) is 0 Å². The summed E-state index contributed by atoms with van der Waals surface area (Å²) in [4.78, 5) is 0.169. The normalized spacial score (nSPS) is 12.1. The molecule has 202 valence electrons. The molecule has 0 saturated carbocycles. The minimum atomic E-state index is -3.72. The molecule has 5 nitrogen and oxygen atoms in total. The van der Waals surface area contributed by atoms with Gasteiger partial charge in [-0.05, 0) is 51.2 Å². The molecule has 0 N–H and O–H groups in total. The van der Waals surface area contributed by atoms with Crippen molar-refractivity contribution in [3.8, 4) is 0 Å². The van der Waals surface area contributed by atoms with Crippen LogP contribution in [0.15, 0.2) is 41.3 Å². The number of benzene rings is 1. The first-order valence-electron chi connectivity index (χ1n) is 13.8. The molecular formula is C29H50O5S. The van der Waals surface area contributed by atoms with Gasteiger partial charge < -0.3 is 9.47 Å². The number of hydrogen-bond donors (Lipinski definition) is 0.